The molecule has 8 nitrogen and oxygen atoms in total. The van der Waals surface area contributed by atoms with Crippen molar-refractivity contribution < 1.29 is 33.6 Å². The average molecular weight is 485 g/mol. The van der Waals surface area contributed by atoms with Crippen molar-refractivity contribution in [3.05, 3.63) is 59.4 Å². The Morgan fingerprint density at radius 1 is 1.03 bits per heavy atom. The Morgan fingerprint density at radius 2 is 1.74 bits per heavy atom. The van der Waals surface area contributed by atoms with E-state index in [2.05, 4.69) is 4.90 Å². The number of rotatable bonds is 9. The first-order chi connectivity index (χ1) is 16.9. The summed E-state index contributed by atoms with van der Waals surface area (Å²) in [6, 6.07) is 10.1. The SMILES string of the molecule is COc1ccc(OC)c(-c2c(C(=O)c3ccc(F)cc3)c(O)c(O)n2CCCN2CCOCC2)c1. The van der Waals surface area contributed by atoms with Gasteiger partial charge in [0.05, 0.1) is 38.7 Å². The van der Waals surface area contributed by atoms with Gasteiger partial charge in [0.25, 0.3) is 0 Å². The molecule has 2 heterocycles. The van der Waals surface area contributed by atoms with Crippen LogP contribution >= 0.6 is 0 Å². The van der Waals surface area contributed by atoms with Gasteiger partial charge in [-0.15, -0.1) is 0 Å². The molecule has 0 radical (unpaired) electrons. The number of hydrogen-bond donors (Lipinski definition) is 2. The zero-order valence-electron chi connectivity index (χ0n) is 19.8. The summed E-state index contributed by atoms with van der Waals surface area (Å²) in [4.78, 5) is 15.8. The van der Waals surface area contributed by atoms with Gasteiger partial charge in [-0.1, -0.05) is 0 Å². The lowest BCUT2D eigenvalue weighted by atomic mass is 9.98. The fraction of sp³-hybridized carbons (Fsp3) is 0.346. The number of morpholine rings is 1. The summed E-state index contributed by atoms with van der Waals surface area (Å²) in [7, 11) is 3.02. The molecule has 2 aromatic carbocycles. The van der Waals surface area contributed by atoms with Crippen LogP contribution in [0.2, 0.25) is 0 Å². The molecule has 35 heavy (non-hydrogen) atoms. The molecule has 0 bridgehead atoms. The molecule has 0 aliphatic carbocycles. The van der Waals surface area contributed by atoms with E-state index in [-0.39, 0.29) is 11.1 Å². The average Bonchev–Trinajstić information content (AvgIpc) is 3.14. The van der Waals surface area contributed by atoms with Gasteiger partial charge < -0.3 is 29.0 Å². The maximum atomic E-state index is 13.5. The van der Waals surface area contributed by atoms with Crippen molar-refractivity contribution in [3.63, 3.8) is 0 Å². The Bertz CT molecular complexity index is 1190. The van der Waals surface area contributed by atoms with Crippen molar-refractivity contribution >= 4 is 5.78 Å². The van der Waals surface area contributed by atoms with E-state index >= 15 is 0 Å². The van der Waals surface area contributed by atoms with Crippen molar-refractivity contribution in [1.82, 2.24) is 9.47 Å². The summed E-state index contributed by atoms with van der Waals surface area (Å²) < 4.78 is 31.3. The molecule has 3 aromatic rings. The molecule has 1 aromatic heterocycles. The number of aromatic hydroxyl groups is 2. The quantitative estimate of drug-likeness (QED) is 0.448. The molecule has 0 saturated carbocycles. The Morgan fingerprint density at radius 3 is 2.40 bits per heavy atom. The normalized spacial score (nSPS) is 14.1. The van der Waals surface area contributed by atoms with Crippen molar-refractivity contribution in [1.29, 1.82) is 0 Å². The zero-order chi connectivity index (χ0) is 24.9. The fourth-order valence-corrected chi connectivity index (χ4v) is 4.33. The highest BCUT2D eigenvalue weighted by molar-refractivity contribution is 6.15. The summed E-state index contributed by atoms with van der Waals surface area (Å²) in [5.41, 5.74) is 0.855. The van der Waals surface area contributed by atoms with Crippen LogP contribution in [0, 0.1) is 5.82 Å². The molecule has 0 spiro atoms. The number of methoxy groups -OCH3 is 2. The number of ether oxygens (including phenoxy) is 3. The first-order valence-corrected chi connectivity index (χ1v) is 11.4. The molecule has 1 aliphatic heterocycles. The van der Waals surface area contributed by atoms with Gasteiger partial charge in [0.1, 0.15) is 17.3 Å². The van der Waals surface area contributed by atoms with Crippen LogP contribution in [0.1, 0.15) is 22.3 Å². The highest BCUT2D eigenvalue weighted by atomic mass is 19.1. The highest BCUT2D eigenvalue weighted by Gasteiger charge is 2.31. The van der Waals surface area contributed by atoms with Gasteiger partial charge in [-0.25, -0.2) is 4.39 Å². The van der Waals surface area contributed by atoms with E-state index in [0.29, 0.717) is 48.9 Å². The molecular formula is C26H29FN2O6. The van der Waals surface area contributed by atoms with Crippen LogP contribution in [0.4, 0.5) is 4.39 Å². The van der Waals surface area contributed by atoms with E-state index in [9.17, 15) is 19.4 Å². The molecular weight excluding hydrogens is 455 g/mol. The van der Waals surface area contributed by atoms with Gasteiger partial charge in [0.2, 0.25) is 5.88 Å². The second-order valence-corrected chi connectivity index (χ2v) is 8.26. The van der Waals surface area contributed by atoms with Crippen molar-refractivity contribution in [2.45, 2.75) is 13.0 Å². The third kappa shape index (κ3) is 5.11. The van der Waals surface area contributed by atoms with Gasteiger partial charge in [-0.3, -0.25) is 9.69 Å². The van der Waals surface area contributed by atoms with E-state index in [1.54, 1.807) is 18.2 Å². The lowest BCUT2D eigenvalue weighted by molar-refractivity contribution is 0.0369. The molecule has 4 rings (SSSR count). The summed E-state index contributed by atoms with van der Waals surface area (Å²) in [5.74, 6) is -1.04. The third-order valence-electron chi connectivity index (χ3n) is 6.17. The van der Waals surface area contributed by atoms with Gasteiger partial charge in [0, 0.05) is 37.3 Å². The minimum absolute atomic E-state index is 0.0907. The number of aromatic nitrogens is 1. The number of ketones is 1. The third-order valence-corrected chi connectivity index (χ3v) is 6.17. The number of carbonyl (C=O) groups excluding carboxylic acids is 1. The number of nitrogens with zero attached hydrogens (tertiary/aromatic N) is 2. The van der Waals surface area contributed by atoms with Crippen LogP contribution < -0.4 is 9.47 Å². The van der Waals surface area contributed by atoms with E-state index in [4.69, 9.17) is 14.2 Å². The molecule has 1 aliphatic rings. The molecule has 0 atom stereocenters. The molecule has 0 amide bonds. The maximum absolute atomic E-state index is 13.5. The summed E-state index contributed by atoms with van der Waals surface area (Å²) in [6.45, 7) is 4.11. The second-order valence-electron chi connectivity index (χ2n) is 8.26. The van der Waals surface area contributed by atoms with Crippen LogP contribution in [0.5, 0.6) is 23.1 Å². The largest absolute Gasteiger partial charge is 0.503 e. The van der Waals surface area contributed by atoms with Gasteiger partial charge in [-0.05, 0) is 48.9 Å². The predicted octanol–water partition coefficient (Wildman–Crippen LogP) is 3.68. The monoisotopic (exact) mass is 484 g/mol. The Labute approximate surface area is 203 Å². The Kier molecular flexibility index (Phi) is 7.57. The van der Waals surface area contributed by atoms with Crippen molar-refractivity contribution in [2.75, 3.05) is 47.1 Å². The standard InChI is InChI=1S/C26H29FN2O6/c1-33-19-8-9-21(34-2)20(16-19)23-22(24(30)17-4-6-18(27)7-5-17)25(31)26(32)29(23)11-3-10-28-12-14-35-15-13-28/h4-9,16,31-32H,3,10-15H2,1-2H3. The lowest BCUT2D eigenvalue weighted by Crippen LogP contribution is -2.37. The Balaban J connectivity index is 1.80. The van der Waals surface area contributed by atoms with Crippen molar-refractivity contribution in [2.24, 2.45) is 0 Å². The van der Waals surface area contributed by atoms with E-state index < -0.39 is 23.2 Å². The van der Waals surface area contributed by atoms with E-state index in [1.807, 2.05) is 0 Å². The summed E-state index contributed by atoms with van der Waals surface area (Å²) in [5, 5.41) is 21.8. The maximum Gasteiger partial charge on any atom is 0.235 e. The topological polar surface area (TPSA) is 93.4 Å². The number of carbonyl (C=O) groups is 1. The van der Waals surface area contributed by atoms with Crippen LogP contribution in [-0.2, 0) is 11.3 Å². The first kappa shape index (κ1) is 24.6. The predicted molar refractivity (Wildman–Crippen MR) is 128 cm³/mol. The molecule has 2 N–H and O–H groups in total. The van der Waals surface area contributed by atoms with Crippen molar-refractivity contribution in [3.8, 4) is 34.4 Å². The van der Waals surface area contributed by atoms with Crippen LogP contribution in [0.15, 0.2) is 42.5 Å². The smallest absolute Gasteiger partial charge is 0.235 e. The first-order valence-electron chi connectivity index (χ1n) is 11.4. The minimum atomic E-state index is -0.551. The van der Waals surface area contributed by atoms with Crippen LogP contribution in [-0.4, -0.2) is 72.5 Å². The summed E-state index contributed by atoms with van der Waals surface area (Å²) >= 11 is 0. The van der Waals surface area contributed by atoms with Crippen LogP contribution in [0.25, 0.3) is 11.3 Å². The molecule has 186 valence electrons. The van der Waals surface area contributed by atoms with E-state index in [0.717, 1.165) is 19.6 Å². The van der Waals surface area contributed by atoms with E-state index in [1.165, 1.54) is 43.1 Å². The van der Waals surface area contributed by atoms with Gasteiger partial charge in [0.15, 0.2) is 11.5 Å². The number of hydrogen-bond acceptors (Lipinski definition) is 7. The van der Waals surface area contributed by atoms with Gasteiger partial charge >= 0.3 is 0 Å². The van der Waals surface area contributed by atoms with Gasteiger partial charge in [-0.2, -0.15) is 0 Å². The number of benzene rings is 2. The number of halogens is 1. The molecule has 1 saturated heterocycles. The van der Waals surface area contributed by atoms with Crippen LogP contribution in [0.3, 0.4) is 0 Å². The highest BCUT2D eigenvalue weighted by Crippen LogP contribution is 2.45. The lowest BCUT2D eigenvalue weighted by Gasteiger charge is -2.26. The molecule has 1 fully saturated rings. The molecule has 0 unspecified atom stereocenters. The second kappa shape index (κ2) is 10.8. The Hall–Kier alpha value is -3.56. The zero-order valence-corrected chi connectivity index (χ0v) is 19.8. The summed E-state index contributed by atoms with van der Waals surface area (Å²) in [6.07, 6.45) is 0.658. The molecule has 9 heteroatoms. The minimum Gasteiger partial charge on any atom is -0.503 e. The fourth-order valence-electron chi connectivity index (χ4n) is 4.33.